The zero-order valence-corrected chi connectivity index (χ0v) is 11.7. The number of aliphatic hydroxyl groups excluding tert-OH is 1. The fraction of sp³-hybridized carbons (Fsp3) is 0.909. The first-order valence-corrected chi connectivity index (χ1v) is 8.09. The summed E-state index contributed by atoms with van der Waals surface area (Å²) in [6, 6.07) is -0.622. The zero-order chi connectivity index (χ0) is 13.8. The Balaban J connectivity index is 2.56. The number of nitrogens with zero attached hydrogens (tertiary/aromatic N) is 1. The van der Waals surface area contributed by atoms with E-state index >= 15 is 0 Å². The van der Waals surface area contributed by atoms with Crippen molar-refractivity contribution < 1.29 is 18.3 Å². The molecule has 1 saturated heterocycles. The standard InChI is InChI=1S/C11H22N2O4S/c1-9(5-4-8-14)12-11(15)10-6-3-7-13(10)18(2,16)17/h9-10,14H,3-8H2,1-2H3,(H,12,15). The SMILES string of the molecule is CC(CCCO)NC(=O)C1CCCN1S(C)(=O)=O. The first-order valence-electron chi connectivity index (χ1n) is 6.24. The lowest BCUT2D eigenvalue weighted by molar-refractivity contribution is -0.124. The molecule has 0 aliphatic carbocycles. The number of hydrogen-bond donors (Lipinski definition) is 2. The number of amides is 1. The first-order chi connectivity index (χ1) is 8.36. The van der Waals surface area contributed by atoms with E-state index < -0.39 is 16.1 Å². The van der Waals surface area contributed by atoms with Crippen molar-refractivity contribution >= 4 is 15.9 Å². The van der Waals surface area contributed by atoms with Gasteiger partial charge in [0.25, 0.3) is 0 Å². The largest absolute Gasteiger partial charge is 0.396 e. The number of sulfonamides is 1. The molecule has 1 amide bonds. The molecule has 18 heavy (non-hydrogen) atoms. The molecule has 0 saturated carbocycles. The zero-order valence-electron chi connectivity index (χ0n) is 10.9. The summed E-state index contributed by atoms with van der Waals surface area (Å²) in [5.41, 5.74) is 0. The van der Waals surface area contributed by atoms with Crippen LogP contribution in [0.2, 0.25) is 0 Å². The molecule has 1 rings (SSSR count). The van der Waals surface area contributed by atoms with Gasteiger partial charge in [0.05, 0.1) is 6.26 Å². The van der Waals surface area contributed by atoms with Gasteiger partial charge in [-0.1, -0.05) is 0 Å². The maximum Gasteiger partial charge on any atom is 0.238 e. The number of hydrogen-bond acceptors (Lipinski definition) is 4. The second-order valence-electron chi connectivity index (χ2n) is 4.81. The van der Waals surface area contributed by atoms with Gasteiger partial charge in [0, 0.05) is 19.2 Å². The molecule has 7 heteroatoms. The molecule has 1 heterocycles. The monoisotopic (exact) mass is 278 g/mol. The van der Waals surface area contributed by atoms with Gasteiger partial charge in [-0.15, -0.1) is 0 Å². The molecule has 2 atom stereocenters. The lowest BCUT2D eigenvalue weighted by Gasteiger charge is -2.23. The summed E-state index contributed by atoms with van der Waals surface area (Å²) < 4.78 is 24.3. The fourth-order valence-corrected chi connectivity index (χ4v) is 3.33. The van der Waals surface area contributed by atoms with Gasteiger partial charge in [-0.2, -0.15) is 4.31 Å². The van der Waals surface area contributed by atoms with Crippen LogP contribution in [-0.4, -0.2) is 55.2 Å². The molecule has 6 nitrogen and oxygen atoms in total. The Labute approximate surface area is 108 Å². The molecule has 0 bridgehead atoms. The van der Waals surface area contributed by atoms with E-state index in [-0.39, 0.29) is 18.6 Å². The summed E-state index contributed by atoms with van der Waals surface area (Å²) in [6.07, 6.45) is 3.74. The number of carbonyl (C=O) groups excluding carboxylic acids is 1. The minimum atomic E-state index is -3.32. The Bertz CT molecular complexity index is 383. The molecule has 1 fully saturated rings. The molecular formula is C11H22N2O4S. The minimum Gasteiger partial charge on any atom is -0.396 e. The maximum atomic E-state index is 12.0. The van der Waals surface area contributed by atoms with Gasteiger partial charge in [-0.3, -0.25) is 4.79 Å². The average molecular weight is 278 g/mol. The summed E-state index contributed by atoms with van der Waals surface area (Å²) >= 11 is 0. The Morgan fingerprint density at radius 1 is 1.56 bits per heavy atom. The van der Waals surface area contributed by atoms with Gasteiger partial charge in [0.1, 0.15) is 6.04 Å². The Kier molecular flexibility index (Phi) is 5.55. The molecule has 0 aromatic carbocycles. The quantitative estimate of drug-likeness (QED) is 0.697. The number of carbonyl (C=O) groups is 1. The Morgan fingerprint density at radius 2 is 2.22 bits per heavy atom. The average Bonchev–Trinajstić information content (AvgIpc) is 2.74. The van der Waals surface area contributed by atoms with E-state index in [0.717, 1.165) is 12.7 Å². The van der Waals surface area contributed by atoms with Crippen LogP contribution in [0.15, 0.2) is 0 Å². The van der Waals surface area contributed by atoms with Gasteiger partial charge >= 0.3 is 0 Å². The van der Waals surface area contributed by atoms with E-state index in [2.05, 4.69) is 5.32 Å². The molecule has 0 spiro atoms. The molecule has 2 unspecified atom stereocenters. The van der Waals surface area contributed by atoms with Crippen LogP contribution < -0.4 is 5.32 Å². The van der Waals surface area contributed by atoms with Crippen LogP contribution in [-0.2, 0) is 14.8 Å². The number of nitrogens with one attached hydrogen (secondary N) is 1. The van der Waals surface area contributed by atoms with Crippen molar-refractivity contribution in [1.29, 1.82) is 0 Å². The van der Waals surface area contributed by atoms with E-state index in [0.29, 0.717) is 25.8 Å². The third-order valence-corrected chi connectivity index (χ3v) is 4.41. The predicted octanol–water partition coefficient (Wildman–Crippen LogP) is -0.312. The molecule has 0 aromatic heterocycles. The van der Waals surface area contributed by atoms with Crippen molar-refractivity contribution in [1.82, 2.24) is 9.62 Å². The molecule has 2 N–H and O–H groups in total. The highest BCUT2D eigenvalue weighted by molar-refractivity contribution is 7.88. The van der Waals surface area contributed by atoms with Gasteiger partial charge < -0.3 is 10.4 Å². The van der Waals surface area contributed by atoms with E-state index in [9.17, 15) is 13.2 Å². The predicted molar refractivity (Wildman–Crippen MR) is 68.5 cm³/mol. The maximum absolute atomic E-state index is 12.0. The van der Waals surface area contributed by atoms with Crippen molar-refractivity contribution in [2.24, 2.45) is 0 Å². The lowest BCUT2D eigenvalue weighted by atomic mass is 10.1. The third-order valence-electron chi connectivity index (χ3n) is 3.12. The fourth-order valence-electron chi connectivity index (χ4n) is 2.21. The van der Waals surface area contributed by atoms with E-state index in [1.165, 1.54) is 4.31 Å². The van der Waals surface area contributed by atoms with E-state index in [1.807, 2.05) is 6.92 Å². The van der Waals surface area contributed by atoms with Crippen LogP contribution in [0.4, 0.5) is 0 Å². The second kappa shape index (κ2) is 6.49. The summed E-state index contributed by atoms with van der Waals surface area (Å²) in [6.45, 7) is 2.37. The summed E-state index contributed by atoms with van der Waals surface area (Å²) in [5, 5.41) is 11.5. The highest BCUT2D eigenvalue weighted by Gasteiger charge is 2.36. The smallest absolute Gasteiger partial charge is 0.238 e. The van der Waals surface area contributed by atoms with Gasteiger partial charge in [-0.05, 0) is 32.6 Å². The van der Waals surface area contributed by atoms with Crippen LogP contribution in [0, 0.1) is 0 Å². The van der Waals surface area contributed by atoms with E-state index in [1.54, 1.807) is 0 Å². The number of aliphatic hydroxyl groups is 1. The van der Waals surface area contributed by atoms with Crippen LogP contribution in [0.5, 0.6) is 0 Å². The topological polar surface area (TPSA) is 86.7 Å². The molecule has 0 radical (unpaired) electrons. The van der Waals surface area contributed by atoms with Gasteiger partial charge in [0.15, 0.2) is 0 Å². The van der Waals surface area contributed by atoms with Gasteiger partial charge in [0.2, 0.25) is 15.9 Å². The molecule has 1 aliphatic rings. The van der Waals surface area contributed by atoms with E-state index in [4.69, 9.17) is 5.11 Å². The van der Waals surface area contributed by atoms with Gasteiger partial charge in [-0.25, -0.2) is 8.42 Å². The normalized spacial score (nSPS) is 22.9. The second-order valence-corrected chi connectivity index (χ2v) is 6.74. The Morgan fingerprint density at radius 3 is 2.78 bits per heavy atom. The number of rotatable bonds is 6. The summed E-state index contributed by atoms with van der Waals surface area (Å²) in [5.74, 6) is -0.233. The molecule has 1 aliphatic heterocycles. The van der Waals surface area contributed by atoms with Crippen molar-refractivity contribution in [3.63, 3.8) is 0 Å². The first kappa shape index (κ1) is 15.4. The highest BCUT2D eigenvalue weighted by atomic mass is 32.2. The molecular weight excluding hydrogens is 256 g/mol. The lowest BCUT2D eigenvalue weighted by Crippen LogP contribution is -2.47. The van der Waals surface area contributed by atoms with Crippen LogP contribution >= 0.6 is 0 Å². The van der Waals surface area contributed by atoms with Crippen LogP contribution in [0.25, 0.3) is 0 Å². The highest BCUT2D eigenvalue weighted by Crippen LogP contribution is 2.20. The Hall–Kier alpha value is -0.660. The molecule has 0 aromatic rings. The van der Waals surface area contributed by atoms with Crippen molar-refractivity contribution in [3.8, 4) is 0 Å². The third kappa shape index (κ3) is 4.22. The summed E-state index contributed by atoms with van der Waals surface area (Å²) in [7, 11) is -3.32. The van der Waals surface area contributed by atoms with Crippen LogP contribution in [0.1, 0.15) is 32.6 Å². The van der Waals surface area contributed by atoms with Crippen LogP contribution in [0.3, 0.4) is 0 Å². The van der Waals surface area contributed by atoms with Crippen molar-refractivity contribution in [3.05, 3.63) is 0 Å². The molecule has 106 valence electrons. The van der Waals surface area contributed by atoms with Crippen molar-refractivity contribution in [2.45, 2.75) is 44.7 Å². The minimum absolute atomic E-state index is 0.0494. The summed E-state index contributed by atoms with van der Waals surface area (Å²) in [4.78, 5) is 12.0. The van der Waals surface area contributed by atoms with Crippen molar-refractivity contribution in [2.75, 3.05) is 19.4 Å².